The van der Waals surface area contributed by atoms with E-state index < -0.39 is 10.0 Å². The van der Waals surface area contributed by atoms with Crippen molar-refractivity contribution in [1.29, 1.82) is 0 Å². The molecular weight excluding hydrogens is 448 g/mol. The van der Waals surface area contributed by atoms with Gasteiger partial charge >= 0.3 is 0 Å². The van der Waals surface area contributed by atoms with Gasteiger partial charge in [-0.3, -0.25) is 9.10 Å². The van der Waals surface area contributed by atoms with Crippen LogP contribution in [0.4, 0.5) is 5.69 Å². The first-order chi connectivity index (χ1) is 16.2. The Kier molecular flexibility index (Phi) is 8.34. The lowest BCUT2D eigenvalue weighted by molar-refractivity contribution is -0.120. The number of hydrogen-bond donors (Lipinski definition) is 1. The van der Waals surface area contributed by atoms with Gasteiger partial charge in [0.25, 0.3) is 10.0 Å². The highest BCUT2D eigenvalue weighted by Crippen LogP contribution is 2.26. The molecule has 1 atom stereocenters. The molecule has 0 aliphatic heterocycles. The number of para-hydroxylation sites is 1. The number of amides is 1. The summed E-state index contributed by atoms with van der Waals surface area (Å²) in [5.41, 5.74) is 2.33. The summed E-state index contributed by atoms with van der Waals surface area (Å²) < 4.78 is 33.4. The molecule has 0 heterocycles. The third-order valence-corrected chi connectivity index (χ3v) is 7.29. The number of aryl methyl sites for hydroxylation is 1. The lowest BCUT2D eigenvalue weighted by Crippen LogP contribution is -2.42. The Balaban J connectivity index is 1.88. The predicted molar refractivity (Wildman–Crippen MR) is 135 cm³/mol. The number of ether oxygens (including phenoxy) is 1. The highest BCUT2D eigenvalue weighted by molar-refractivity contribution is 7.92. The van der Waals surface area contributed by atoms with Crippen LogP contribution in [0.2, 0.25) is 0 Å². The van der Waals surface area contributed by atoms with Crippen LogP contribution in [-0.2, 0) is 14.8 Å². The van der Waals surface area contributed by atoms with Gasteiger partial charge in [0.05, 0.1) is 23.7 Å². The zero-order chi connectivity index (χ0) is 24.7. The van der Waals surface area contributed by atoms with E-state index in [4.69, 9.17) is 4.74 Å². The number of carbonyl (C=O) groups is 1. The second-order valence-corrected chi connectivity index (χ2v) is 10.5. The van der Waals surface area contributed by atoms with Crippen molar-refractivity contribution >= 4 is 21.6 Å². The number of hydrogen-bond acceptors (Lipinski definition) is 4. The van der Waals surface area contributed by atoms with Crippen LogP contribution in [0.15, 0.2) is 83.8 Å². The van der Waals surface area contributed by atoms with E-state index in [1.807, 2.05) is 37.3 Å². The number of methoxy groups -OCH3 is 1. The Bertz CT molecular complexity index is 1180. The largest absolute Gasteiger partial charge is 0.497 e. The van der Waals surface area contributed by atoms with E-state index in [2.05, 4.69) is 19.2 Å². The van der Waals surface area contributed by atoms with Crippen LogP contribution in [0.5, 0.6) is 5.75 Å². The summed E-state index contributed by atoms with van der Waals surface area (Å²) in [6.07, 6.45) is 0.716. The molecule has 1 N–H and O–H groups in total. The van der Waals surface area contributed by atoms with Crippen LogP contribution in [0.3, 0.4) is 0 Å². The molecule has 0 fully saturated rings. The average molecular weight is 481 g/mol. The Morgan fingerprint density at radius 1 is 0.941 bits per heavy atom. The van der Waals surface area contributed by atoms with Crippen molar-refractivity contribution in [3.8, 4) is 5.75 Å². The summed E-state index contributed by atoms with van der Waals surface area (Å²) in [6, 6.07) is 22.6. The summed E-state index contributed by atoms with van der Waals surface area (Å²) >= 11 is 0. The molecule has 34 heavy (non-hydrogen) atoms. The van der Waals surface area contributed by atoms with E-state index in [0.29, 0.717) is 18.0 Å². The van der Waals surface area contributed by atoms with Gasteiger partial charge in [0.1, 0.15) is 12.3 Å². The molecule has 3 rings (SSSR count). The Hall–Kier alpha value is -3.32. The first-order valence-corrected chi connectivity index (χ1v) is 12.7. The van der Waals surface area contributed by atoms with E-state index in [1.54, 1.807) is 55.6 Å². The molecule has 6 nitrogen and oxygen atoms in total. The Morgan fingerprint density at radius 3 is 2.12 bits per heavy atom. The molecule has 3 aromatic rings. The molecule has 0 bridgehead atoms. The monoisotopic (exact) mass is 480 g/mol. The van der Waals surface area contributed by atoms with Gasteiger partial charge in [-0.25, -0.2) is 8.42 Å². The van der Waals surface area contributed by atoms with Gasteiger partial charge in [-0.2, -0.15) is 0 Å². The van der Waals surface area contributed by atoms with Crippen molar-refractivity contribution in [1.82, 2.24) is 5.32 Å². The minimum Gasteiger partial charge on any atom is -0.497 e. The number of benzene rings is 3. The van der Waals surface area contributed by atoms with Crippen LogP contribution in [0.1, 0.15) is 37.4 Å². The fourth-order valence-electron chi connectivity index (χ4n) is 3.70. The normalized spacial score (nSPS) is 12.3. The molecule has 7 heteroatoms. The van der Waals surface area contributed by atoms with Gasteiger partial charge in [0.2, 0.25) is 5.91 Å². The molecule has 0 aliphatic rings. The molecule has 0 spiro atoms. The van der Waals surface area contributed by atoms with Gasteiger partial charge < -0.3 is 10.1 Å². The standard InChI is InChI=1S/C27H32N2O4S/c1-20(2)18-26(22-12-14-24(33-4)15-13-22)28-27(30)19-29(23-8-6-5-7-9-23)34(31,32)25-16-10-21(3)11-17-25/h5-17,20,26H,18-19H2,1-4H3,(H,28,30). The SMILES string of the molecule is COc1ccc(C(CC(C)C)NC(=O)CN(c2ccccc2)S(=O)(=O)c2ccc(C)cc2)cc1. The van der Waals surface area contributed by atoms with Gasteiger partial charge in [-0.1, -0.05) is 61.9 Å². The first-order valence-electron chi connectivity index (χ1n) is 11.3. The predicted octanol–water partition coefficient (Wildman–Crippen LogP) is 5.10. The topological polar surface area (TPSA) is 75.7 Å². The van der Waals surface area contributed by atoms with Crippen LogP contribution in [0, 0.1) is 12.8 Å². The fraction of sp³-hybridized carbons (Fsp3) is 0.296. The number of carbonyl (C=O) groups excluding carboxylic acids is 1. The number of nitrogens with one attached hydrogen (secondary N) is 1. The van der Waals surface area contributed by atoms with Crippen molar-refractivity contribution in [3.63, 3.8) is 0 Å². The minimum atomic E-state index is -3.94. The van der Waals surface area contributed by atoms with Crippen molar-refractivity contribution in [2.24, 2.45) is 5.92 Å². The third-order valence-electron chi connectivity index (χ3n) is 5.50. The van der Waals surface area contributed by atoms with Crippen molar-refractivity contribution in [3.05, 3.63) is 90.0 Å². The second kappa shape index (κ2) is 11.2. The third kappa shape index (κ3) is 6.38. The molecule has 180 valence electrons. The van der Waals surface area contributed by atoms with E-state index in [-0.39, 0.29) is 23.4 Å². The van der Waals surface area contributed by atoms with Crippen LogP contribution in [0.25, 0.3) is 0 Å². The maximum absolute atomic E-state index is 13.5. The van der Waals surface area contributed by atoms with Gasteiger partial charge in [-0.15, -0.1) is 0 Å². The summed E-state index contributed by atoms with van der Waals surface area (Å²) in [4.78, 5) is 13.3. The number of rotatable bonds is 10. The van der Waals surface area contributed by atoms with E-state index in [9.17, 15) is 13.2 Å². The molecule has 0 radical (unpaired) electrons. The van der Waals surface area contributed by atoms with Crippen molar-refractivity contribution in [2.75, 3.05) is 18.0 Å². The molecule has 1 amide bonds. The molecule has 0 saturated heterocycles. The smallest absolute Gasteiger partial charge is 0.264 e. The zero-order valence-corrected chi connectivity index (χ0v) is 20.9. The van der Waals surface area contributed by atoms with E-state index in [0.717, 1.165) is 21.2 Å². The van der Waals surface area contributed by atoms with Gasteiger partial charge in [0.15, 0.2) is 0 Å². The van der Waals surface area contributed by atoms with Crippen LogP contribution >= 0.6 is 0 Å². The van der Waals surface area contributed by atoms with E-state index in [1.165, 1.54) is 0 Å². The molecule has 0 aromatic heterocycles. The molecule has 1 unspecified atom stereocenters. The highest BCUT2D eigenvalue weighted by atomic mass is 32.2. The van der Waals surface area contributed by atoms with Gasteiger partial charge in [-0.05, 0) is 61.2 Å². The number of nitrogens with zero attached hydrogens (tertiary/aromatic N) is 1. The van der Waals surface area contributed by atoms with Crippen LogP contribution < -0.4 is 14.4 Å². The fourth-order valence-corrected chi connectivity index (χ4v) is 5.12. The second-order valence-electron chi connectivity index (χ2n) is 8.68. The Labute approximate surface area is 202 Å². The van der Waals surface area contributed by atoms with E-state index >= 15 is 0 Å². The zero-order valence-electron chi connectivity index (χ0n) is 20.1. The lowest BCUT2D eigenvalue weighted by Gasteiger charge is -2.26. The van der Waals surface area contributed by atoms with Gasteiger partial charge in [0, 0.05) is 0 Å². The maximum Gasteiger partial charge on any atom is 0.264 e. The Morgan fingerprint density at radius 2 is 1.56 bits per heavy atom. The molecule has 3 aromatic carbocycles. The maximum atomic E-state index is 13.5. The lowest BCUT2D eigenvalue weighted by atomic mass is 9.97. The molecular formula is C27H32N2O4S. The van der Waals surface area contributed by atoms with Crippen LogP contribution in [-0.4, -0.2) is 28.0 Å². The summed E-state index contributed by atoms with van der Waals surface area (Å²) in [6.45, 7) is 5.74. The summed E-state index contributed by atoms with van der Waals surface area (Å²) in [7, 11) is -2.34. The quantitative estimate of drug-likeness (QED) is 0.438. The molecule has 0 saturated carbocycles. The number of anilines is 1. The molecule has 0 aliphatic carbocycles. The van der Waals surface area contributed by atoms with Crippen molar-refractivity contribution < 1.29 is 17.9 Å². The number of sulfonamides is 1. The first kappa shape index (κ1) is 25.3. The van der Waals surface area contributed by atoms with Crippen molar-refractivity contribution in [2.45, 2.75) is 38.1 Å². The minimum absolute atomic E-state index is 0.142. The average Bonchev–Trinajstić information content (AvgIpc) is 2.82. The summed E-state index contributed by atoms with van der Waals surface area (Å²) in [5, 5.41) is 3.05. The summed E-state index contributed by atoms with van der Waals surface area (Å²) in [5.74, 6) is 0.688. The highest BCUT2D eigenvalue weighted by Gasteiger charge is 2.28.